The fraction of sp³-hybridized carbons (Fsp3) is 0.300. The fourth-order valence-corrected chi connectivity index (χ4v) is 2.03. The standard InChI is InChI=1S/C10H13N5OS/c1-6(11-2)8-5-17-10(14-8)15-9(16)7-3-12-13-4-7/h3-6,11H,1-2H3,(H,12,13)(H,14,15,16). The van der Waals surface area contributed by atoms with E-state index >= 15 is 0 Å². The molecule has 1 unspecified atom stereocenters. The van der Waals surface area contributed by atoms with Crippen LogP contribution in [0.4, 0.5) is 5.13 Å². The van der Waals surface area contributed by atoms with E-state index in [4.69, 9.17) is 0 Å². The molecule has 0 spiro atoms. The highest BCUT2D eigenvalue weighted by molar-refractivity contribution is 7.14. The molecule has 6 nitrogen and oxygen atoms in total. The maximum absolute atomic E-state index is 11.7. The van der Waals surface area contributed by atoms with Gasteiger partial charge in [0.25, 0.3) is 5.91 Å². The third kappa shape index (κ3) is 2.69. The Bertz CT molecular complexity index is 493. The largest absolute Gasteiger partial charge is 0.312 e. The summed E-state index contributed by atoms with van der Waals surface area (Å²) in [6.07, 6.45) is 3.01. The second-order valence-electron chi connectivity index (χ2n) is 3.53. The number of hydrogen-bond donors (Lipinski definition) is 3. The average molecular weight is 251 g/mol. The van der Waals surface area contributed by atoms with E-state index in [9.17, 15) is 4.79 Å². The van der Waals surface area contributed by atoms with Gasteiger partial charge < -0.3 is 5.32 Å². The van der Waals surface area contributed by atoms with Gasteiger partial charge in [0, 0.05) is 17.6 Å². The lowest BCUT2D eigenvalue weighted by Crippen LogP contribution is -2.14. The van der Waals surface area contributed by atoms with Crippen molar-refractivity contribution >= 4 is 22.4 Å². The second-order valence-corrected chi connectivity index (χ2v) is 4.39. The minimum absolute atomic E-state index is 0.172. The van der Waals surface area contributed by atoms with Crippen molar-refractivity contribution in [1.29, 1.82) is 0 Å². The Balaban J connectivity index is 2.04. The van der Waals surface area contributed by atoms with Crippen molar-refractivity contribution in [2.75, 3.05) is 12.4 Å². The van der Waals surface area contributed by atoms with Gasteiger partial charge in [-0.2, -0.15) is 5.10 Å². The molecule has 2 rings (SSSR count). The molecule has 0 aliphatic rings. The lowest BCUT2D eigenvalue weighted by Gasteiger charge is -2.04. The number of H-pyrrole nitrogens is 1. The van der Waals surface area contributed by atoms with Gasteiger partial charge in [-0.3, -0.25) is 15.2 Å². The lowest BCUT2D eigenvalue weighted by atomic mass is 10.3. The maximum Gasteiger partial charge on any atom is 0.260 e. The van der Waals surface area contributed by atoms with Crippen molar-refractivity contribution in [1.82, 2.24) is 20.5 Å². The number of carbonyl (C=O) groups excluding carboxylic acids is 1. The molecule has 1 amide bonds. The van der Waals surface area contributed by atoms with Crippen molar-refractivity contribution in [3.8, 4) is 0 Å². The molecule has 2 aromatic rings. The van der Waals surface area contributed by atoms with Gasteiger partial charge in [0.05, 0.1) is 17.5 Å². The number of rotatable bonds is 4. The van der Waals surface area contributed by atoms with Crippen molar-refractivity contribution in [3.05, 3.63) is 29.0 Å². The van der Waals surface area contributed by atoms with E-state index in [1.807, 2.05) is 19.4 Å². The van der Waals surface area contributed by atoms with Crippen LogP contribution >= 0.6 is 11.3 Å². The minimum Gasteiger partial charge on any atom is -0.312 e. The summed E-state index contributed by atoms with van der Waals surface area (Å²) < 4.78 is 0. The van der Waals surface area contributed by atoms with Crippen molar-refractivity contribution in [2.24, 2.45) is 0 Å². The third-order valence-electron chi connectivity index (χ3n) is 2.38. The summed E-state index contributed by atoms with van der Waals surface area (Å²) in [6, 6.07) is 0.172. The molecule has 90 valence electrons. The molecule has 0 aliphatic carbocycles. The molecule has 17 heavy (non-hydrogen) atoms. The lowest BCUT2D eigenvalue weighted by molar-refractivity contribution is 0.102. The monoisotopic (exact) mass is 251 g/mol. The molecule has 2 aromatic heterocycles. The summed E-state index contributed by atoms with van der Waals surface area (Å²) in [4.78, 5) is 16.0. The third-order valence-corrected chi connectivity index (χ3v) is 3.16. The van der Waals surface area contributed by atoms with Crippen LogP contribution in [-0.4, -0.2) is 28.1 Å². The van der Waals surface area contributed by atoms with Crippen LogP contribution in [0.1, 0.15) is 29.0 Å². The van der Waals surface area contributed by atoms with Gasteiger partial charge in [0.2, 0.25) is 0 Å². The summed E-state index contributed by atoms with van der Waals surface area (Å²) in [6.45, 7) is 2.01. The summed E-state index contributed by atoms with van der Waals surface area (Å²) in [5, 5.41) is 14.6. The molecule has 0 saturated heterocycles. The molecule has 0 bridgehead atoms. The predicted molar refractivity (Wildman–Crippen MR) is 66.1 cm³/mol. The first-order chi connectivity index (χ1) is 8.20. The Kier molecular flexibility index (Phi) is 3.50. The Morgan fingerprint density at radius 1 is 1.59 bits per heavy atom. The number of amides is 1. The topological polar surface area (TPSA) is 82.7 Å². The normalized spacial score (nSPS) is 12.4. The number of nitrogens with zero attached hydrogens (tertiary/aromatic N) is 2. The number of aromatic nitrogens is 3. The van der Waals surface area contributed by atoms with Crippen LogP contribution in [0.25, 0.3) is 0 Å². The number of anilines is 1. The quantitative estimate of drug-likeness (QED) is 0.767. The van der Waals surface area contributed by atoms with Gasteiger partial charge in [0.15, 0.2) is 5.13 Å². The molecule has 7 heteroatoms. The molecule has 0 radical (unpaired) electrons. The van der Waals surface area contributed by atoms with E-state index in [1.54, 1.807) is 6.20 Å². The Labute approximate surface area is 102 Å². The highest BCUT2D eigenvalue weighted by Gasteiger charge is 2.11. The van der Waals surface area contributed by atoms with Gasteiger partial charge >= 0.3 is 0 Å². The molecule has 0 fully saturated rings. The van der Waals surface area contributed by atoms with Gasteiger partial charge in [-0.05, 0) is 14.0 Å². The van der Waals surface area contributed by atoms with Crippen molar-refractivity contribution < 1.29 is 4.79 Å². The van der Waals surface area contributed by atoms with Crippen molar-refractivity contribution in [2.45, 2.75) is 13.0 Å². The Hall–Kier alpha value is -1.73. The van der Waals surface area contributed by atoms with Gasteiger partial charge in [-0.15, -0.1) is 11.3 Å². The Morgan fingerprint density at radius 3 is 3.06 bits per heavy atom. The van der Waals surface area contributed by atoms with Crippen molar-refractivity contribution in [3.63, 3.8) is 0 Å². The minimum atomic E-state index is -0.211. The van der Waals surface area contributed by atoms with Crippen LogP contribution in [0, 0.1) is 0 Å². The summed E-state index contributed by atoms with van der Waals surface area (Å²) in [5.74, 6) is -0.211. The second kappa shape index (κ2) is 5.07. The zero-order chi connectivity index (χ0) is 12.3. The molecule has 0 saturated carbocycles. The predicted octanol–water partition coefficient (Wildman–Crippen LogP) is 1.40. The summed E-state index contributed by atoms with van der Waals surface area (Å²) in [7, 11) is 1.87. The van der Waals surface area contributed by atoms with Crippen LogP contribution in [-0.2, 0) is 0 Å². The zero-order valence-electron chi connectivity index (χ0n) is 9.52. The SMILES string of the molecule is CNC(C)c1csc(NC(=O)c2cn[nH]c2)n1. The van der Waals surface area contributed by atoms with Gasteiger partial charge in [0.1, 0.15) is 0 Å². The smallest absolute Gasteiger partial charge is 0.260 e. The molecule has 3 N–H and O–H groups in total. The highest BCUT2D eigenvalue weighted by atomic mass is 32.1. The molecule has 2 heterocycles. The van der Waals surface area contributed by atoms with Crippen LogP contribution in [0.15, 0.2) is 17.8 Å². The fourth-order valence-electron chi connectivity index (χ4n) is 1.23. The number of carbonyl (C=O) groups is 1. The van der Waals surface area contributed by atoms with Crippen LogP contribution < -0.4 is 10.6 Å². The summed E-state index contributed by atoms with van der Waals surface area (Å²) >= 11 is 1.41. The zero-order valence-corrected chi connectivity index (χ0v) is 10.3. The average Bonchev–Trinajstić information content (AvgIpc) is 2.98. The van der Waals surface area contributed by atoms with Crippen LogP contribution in [0.2, 0.25) is 0 Å². The van der Waals surface area contributed by atoms with Crippen LogP contribution in [0.5, 0.6) is 0 Å². The number of aromatic amines is 1. The number of hydrogen-bond acceptors (Lipinski definition) is 5. The van der Waals surface area contributed by atoms with Gasteiger partial charge in [-0.1, -0.05) is 0 Å². The summed E-state index contributed by atoms with van der Waals surface area (Å²) in [5.41, 5.74) is 1.41. The van der Waals surface area contributed by atoms with Crippen LogP contribution in [0.3, 0.4) is 0 Å². The van der Waals surface area contributed by atoms with E-state index < -0.39 is 0 Å². The molecular weight excluding hydrogens is 238 g/mol. The molecule has 1 atom stereocenters. The first-order valence-electron chi connectivity index (χ1n) is 5.13. The van der Waals surface area contributed by atoms with E-state index in [1.165, 1.54) is 17.5 Å². The van der Waals surface area contributed by atoms with E-state index in [0.717, 1.165) is 5.69 Å². The molecule has 0 aliphatic heterocycles. The van der Waals surface area contributed by atoms with E-state index in [-0.39, 0.29) is 11.9 Å². The van der Waals surface area contributed by atoms with Gasteiger partial charge in [-0.25, -0.2) is 4.98 Å². The van der Waals surface area contributed by atoms with E-state index in [2.05, 4.69) is 25.8 Å². The number of nitrogens with one attached hydrogen (secondary N) is 3. The highest BCUT2D eigenvalue weighted by Crippen LogP contribution is 2.20. The van der Waals surface area contributed by atoms with E-state index in [0.29, 0.717) is 10.7 Å². The Morgan fingerprint density at radius 2 is 2.41 bits per heavy atom. The molecular formula is C10H13N5OS. The first-order valence-corrected chi connectivity index (χ1v) is 6.01. The first kappa shape index (κ1) is 11.7. The maximum atomic E-state index is 11.7. The number of thiazole rings is 1. The molecule has 0 aromatic carbocycles.